The van der Waals surface area contributed by atoms with Crippen molar-refractivity contribution in [2.45, 2.75) is 31.6 Å². The van der Waals surface area contributed by atoms with E-state index >= 15 is 0 Å². The summed E-state index contributed by atoms with van der Waals surface area (Å²) in [6.07, 6.45) is 2.57. The van der Waals surface area contributed by atoms with E-state index in [0.717, 1.165) is 0 Å². The minimum Gasteiger partial charge on any atom is -0.467 e. The number of halogens is 1. The molecule has 1 aromatic heterocycles. The first-order valence-corrected chi connectivity index (χ1v) is 6.46. The van der Waals surface area contributed by atoms with Crippen molar-refractivity contribution < 1.29 is 19.1 Å². The lowest BCUT2D eigenvalue weighted by atomic mass is 10.2. The average molecular weight is 300 g/mol. The summed E-state index contributed by atoms with van der Waals surface area (Å²) in [6, 6.07) is 0. The molecule has 2 atom stereocenters. The Balaban J connectivity index is 1.85. The van der Waals surface area contributed by atoms with Gasteiger partial charge in [0.05, 0.1) is 19.3 Å². The van der Waals surface area contributed by atoms with E-state index in [1.54, 1.807) is 0 Å². The number of aromatic nitrogens is 2. The third-order valence-corrected chi connectivity index (χ3v) is 3.24. The van der Waals surface area contributed by atoms with E-state index < -0.39 is 18.2 Å². The van der Waals surface area contributed by atoms with Crippen LogP contribution in [0.1, 0.15) is 18.5 Å². The number of methoxy groups -OCH3 is 1. The summed E-state index contributed by atoms with van der Waals surface area (Å²) in [5.74, 6) is -0.768. The molecule has 0 aliphatic carbocycles. The van der Waals surface area contributed by atoms with E-state index in [1.165, 1.54) is 19.5 Å². The standard InChI is InChI=1S/C12H14ClN3O4/c1-19-12(18)9-3-2-8(20-9)11(17)16-6-7-10(13)15-5-4-14-7/h4-5,8-9H,2-3,6H2,1H3,(H,16,17). The van der Waals surface area contributed by atoms with Gasteiger partial charge in [0.25, 0.3) is 0 Å². The van der Waals surface area contributed by atoms with Gasteiger partial charge in [-0.3, -0.25) is 9.78 Å². The molecule has 7 nitrogen and oxygen atoms in total. The lowest BCUT2D eigenvalue weighted by molar-refractivity contribution is -0.155. The number of carbonyl (C=O) groups excluding carboxylic acids is 2. The Morgan fingerprint density at radius 3 is 2.80 bits per heavy atom. The highest BCUT2D eigenvalue weighted by Crippen LogP contribution is 2.21. The molecule has 2 unspecified atom stereocenters. The van der Waals surface area contributed by atoms with Gasteiger partial charge in [-0.25, -0.2) is 9.78 Å². The van der Waals surface area contributed by atoms with Crippen LogP contribution in [0.4, 0.5) is 0 Å². The number of carbonyl (C=O) groups is 2. The van der Waals surface area contributed by atoms with Crippen LogP contribution < -0.4 is 5.32 Å². The largest absolute Gasteiger partial charge is 0.467 e. The van der Waals surface area contributed by atoms with Crippen LogP contribution in [0, 0.1) is 0 Å². The summed E-state index contributed by atoms with van der Waals surface area (Å²) in [5.41, 5.74) is 0.477. The Bertz CT molecular complexity index is 511. The van der Waals surface area contributed by atoms with Gasteiger partial charge in [0.1, 0.15) is 6.10 Å². The van der Waals surface area contributed by atoms with Gasteiger partial charge in [-0.2, -0.15) is 0 Å². The molecule has 1 aliphatic heterocycles. The Morgan fingerprint density at radius 2 is 2.10 bits per heavy atom. The normalized spacial score (nSPS) is 21.5. The summed E-state index contributed by atoms with van der Waals surface area (Å²) in [7, 11) is 1.29. The molecule has 0 spiro atoms. The molecule has 0 radical (unpaired) electrons. The van der Waals surface area contributed by atoms with E-state index in [2.05, 4.69) is 20.0 Å². The second kappa shape index (κ2) is 6.62. The van der Waals surface area contributed by atoms with Crippen molar-refractivity contribution in [3.63, 3.8) is 0 Å². The Labute approximate surface area is 120 Å². The van der Waals surface area contributed by atoms with Crippen LogP contribution in [0.2, 0.25) is 5.15 Å². The van der Waals surface area contributed by atoms with Crippen molar-refractivity contribution in [2.24, 2.45) is 0 Å². The second-order valence-corrected chi connectivity index (χ2v) is 4.58. The maximum Gasteiger partial charge on any atom is 0.335 e. The Morgan fingerprint density at radius 1 is 1.40 bits per heavy atom. The van der Waals surface area contributed by atoms with E-state index in [9.17, 15) is 9.59 Å². The third kappa shape index (κ3) is 3.43. The lowest BCUT2D eigenvalue weighted by Gasteiger charge is -2.12. The van der Waals surface area contributed by atoms with Crippen molar-refractivity contribution in [2.75, 3.05) is 7.11 Å². The zero-order chi connectivity index (χ0) is 14.5. The van der Waals surface area contributed by atoms with E-state index in [-0.39, 0.29) is 17.6 Å². The van der Waals surface area contributed by atoms with Gasteiger partial charge >= 0.3 is 5.97 Å². The molecule has 0 saturated carbocycles. The van der Waals surface area contributed by atoms with Crippen LogP contribution in [0.25, 0.3) is 0 Å². The van der Waals surface area contributed by atoms with Crippen molar-refractivity contribution in [3.05, 3.63) is 23.2 Å². The first kappa shape index (κ1) is 14.7. The number of hydrogen-bond acceptors (Lipinski definition) is 6. The summed E-state index contributed by atoms with van der Waals surface area (Å²) < 4.78 is 9.91. The van der Waals surface area contributed by atoms with Crippen LogP contribution in [-0.4, -0.2) is 41.2 Å². The summed E-state index contributed by atoms with van der Waals surface area (Å²) >= 11 is 5.83. The number of rotatable bonds is 4. The molecule has 1 N–H and O–H groups in total. The van der Waals surface area contributed by atoms with Crippen LogP contribution >= 0.6 is 11.6 Å². The minimum absolute atomic E-state index is 0.161. The maximum absolute atomic E-state index is 11.9. The zero-order valence-corrected chi connectivity index (χ0v) is 11.6. The maximum atomic E-state index is 11.9. The SMILES string of the molecule is COC(=O)C1CCC(C(=O)NCc2nccnc2Cl)O1. The fraction of sp³-hybridized carbons (Fsp3) is 0.500. The smallest absolute Gasteiger partial charge is 0.335 e. The van der Waals surface area contributed by atoms with Crippen LogP contribution in [0.3, 0.4) is 0 Å². The van der Waals surface area contributed by atoms with Gasteiger partial charge in [0.15, 0.2) is 11.3 Å². The number of nitrogens with one attached hydrogen (secondary N) is 1. The number of esters is 1. The molecule has 2 rings (SSSR count). The summed E-state index contributed by atoms with van der Waals surface area (Å²) in [4.78, 5) is 31.1. The molecule has 108 valence electrons. The number of ether oxygens (including phenoxy) is 2. The number of nitrogens with zero attached hydrogens (tertiary/aromatic N) is 2. The predicted octanol–water partition coefficient (Wildman–Crippen LogP) is 0.467. The predicted molar refractivity (Wildman–Crippen MR) is 68.8 cm³/mol. The van der Waals surface area contributed by atoms with Crippen molar-refractivity contribution in [3.8, 4) is 0 Å². The first-order chi connectivity index (χ1) is 9.61. The van der Waals surface area contributed by atoms with Gasteiger partial charge in [-0.15, -0.1) is 0 Å². The molecule has 8 heteroatoms. The van der Waals surface area contributed by atoms with Gasteiger partial charge in [-0.1, -0.05) is 11.6 Å². The fourth-order valence-electron chi connectivity index (χ4n) is 1.89. The molecule has 0 bridgehead atoms. The molecular formula is C12H14ClN3O4. The molecular weight excluding hydrogens is 286 g/mol. The number of hydrogen-bond donors (Lipinski definition) is 1. The molecule has 1 aromatic rings. The van der Waals surface area contributed by atoms with E-state index in [4.69, 9.17) is 16.3 Å². The van der Waals surface area contributed by atoms with Crippen LogP contribution in [0.15, 0.2) is 12.4 Å². The highest BCUT2D eigenvalue weighted by atomic mass is 35.5. The molecule has 1 amide bonds. The molecule has 2 heterocycles. The third-order valence-electron chi connectivity index (χ3n) is 2.93. The van der Waals surface area contributed by atoms with Crippen molar-refractivity contribution >= 4 is 23.5 Å². The second-order valence-electron chi connectivity index (χ2n) is 4.23. The topological polar surface area (TPSA) is 90.4 Å². The number of amides is 1. The minimum atomic E-state index is -0.671. The molecule has 1 saturated heterocycles. The summed E-state index contributed by atoms with van der Waals surface area (Å²) in [5, 5.41) is 2.90. The molecule has 1 aliphatic rings. The fourth-order valence-corrected chi connectivity index (χ4v) is 2.06. The lowest BCUT2D eigenvalue weighted by Crippen LogP contribution is -2.35. The van der Waals surface area contributed by atoms with Gasteiger partial charge in [0.2, 0.25) is 5.91 Å². The monoisotopic (exact) mass is 299 g/mol. The Kier molecular flexibility index (Phi) is 4.86. The highest BCUT2D eigenvalue weighted by Gasteiger charge is 2.35. The average Bonchev–Trinajstić information content (AvgIpc) is 2.95. The molecule has 0 aromatic carbocycles. The van der Waals surface area contributed by atoms with Crippen molar-refractivity contribution in [1.82, 2.24) is 15.3 Å². The van der Waals surface area contributed by atoms with Gasteiger partial charge in [-0.05, 0) is 12.8 Å². The molecule has 20 heavy (non-hydrogen) atoms. The van der Waals surface area contributed by atoms with E-state index in [1.807, 2.05) is 0 Å². The summed E-state index contributed by atoms with van der Waals surface area (Å²) in [6.45, 7) is 0.161. The highest BCUT2D eigenvalue weighted by molar-refractivity contribution is 6.29. The van der Waals surface area contributed by atoms with Crippen molar-refractivity contribution in [1.29, 1.82) is 0 Å². The zero-order valence-electron chi connectivity index (χ0n) is 10.8. The van der Waals surface area contributed by atoms with Gasteiger partial charge < -0.3 is 14.8 Å². The quantitative estimate of drug-likeness (QED) is 0.813. The van der Waals surface area contributed by atoms with Gasteiger partial charge in [0, 0.05) is 12.4 Å². The van der Waals surface area contributed by atoms with Crippen LogP contribution in [0.5, 0.6) is 0 Å². The van der Waals surface area contributed by atoms with Crippen LogP contribution in [-0.2, 0) is 25.6 Å². The first-order valence-electron chi connectivity index (χ1n) is 6.08. The molecule has 1 fully saturated rings. The van der Waals surface area contributed by atoms with E-state index in [0.29, 0.717) is 18.5 Å². The Hall–Kier alpha value is -1.73.